The third-order valence-corrected chi connectivity index (χ3v) is 6.50. The second-order valence-electron chi connectivity index (χ2n) is 8.27. The molecule has 7 nitrogen and oxygen atoms in total. The summed E-state index contributed by atoms with van der Waals surface area (Å²) in [6, 6.07) is 15.1. The van der Waals surface area contributed by atoms with Crippen molar-refractivity contribution in [2.45, 2.75) is 26.2 Å². The average molecular weight is 507 g/mol. The van der Waals surface area contributed by atoms with Crippen LogP contribution in [0, 0.1) is 12.7 Å². The number of ketones is 1. The summed E-state index contributed by atoms with van der Waals surface area (Å²) in [6.45, 7) is 1.89. The smallest absolute Gasteiger partial charge is 0.305 e. The Morgan fingerprint density at radius 1 is 1.06 bits per heavy atom. The number of carboxylic acids is 1. The molecule has 9 heteroatoms. The number of fused-ring (bicyclic) bond motifs is 1. The van der Waals surface area contributed by atoms with Gasteiger partial charge in [-0.2, -0.15) is 0 Å². The number of pyridine rings is 1. The highest BCUT2D eigenvalue weighted by molar-refractivity contribution is 7.21. The van der Waals surface area contributed by atoms with Gasteiger partial charge in [0.05, 0.1) is 21.5 Å². The summed E-state index contributed by atoms with van der Waals surface area (Å²) in [4.78, 5) is 40.1. The molecule has 2 aromatic carbocycles. The lowest BCUT2D eigenvalue weighted by Gasteiger charge is -2.08. The highest BCUT2D eigenvalue weighted by atomic mass is 32.1. The summed E-state index contributed by atoms with van der Waals surface area (Å²) in [5.41, 5.74) is 2.68. The van der Waals surface area contributed by atoms with E-state index in [1.807, 2.05) is 6.92 Å². The monoisotopic (exact) mass is 506 g/mol. The van der Waals surface area contributed by atoms with Crippen LogP contribution in [0.25, 0.3) is 10.2 Å². The van der Waals surface area contributed by atoms with E-state index in [2.05, 4.69) is 10.3 Å². The van der Waals surface area contributed by atoms with Crippen LogP contribution in [0.5, 0.6) is 11.5 Å². The molecule has 0 saturated carbocycles. The minimum Gasteiger partial charge on any atom is -0.481 e. The standard InChI is InChI=1S/C27H23FN2O5S/c1-16-2-7-21(28)18(12-16)14-19(31)13-17-3-5-20(6-4-17)35-23-8-10-29-22-15-24(36-26(22)23)27(34)30-11-9-25(32)33/h2-8,10,12,15H,9,11,13-14H2,1H3,(H,30,34)(H,32,33). The number of hydrogen-bond donors (Lipinski definition) is 2. The number of benzene rings is 2. The summed E-state index contributed by atoms with van der Waals surface area (Å²) in [6.07, 6.45) is 1.63. The molecule has 0 radical (unpaired) electrons. The summed E-state index contributed by atoms with van der Waals surface area (Å²) in [5, 5.41) is 11.3. The van der Waals surface area contributed by atoms with Crippen molar-refractivity contribution >= 4 is 39.2 Å². The molecule has 0 fully saturated rings. The Labute approximate surface area is 210 Å². The molecule has 2 aromatic heterocycles. The zero-order valence-corrected chi connectivity index (χ0v) is 20.2. The largest absolute Gasteiger partial charge is 0.481 e. The Bertz CT molecular complexity index is 1430. The van der Waals surface area contributed by atoms with E-state index >= 15 is 0 Å². The maximum Gasteiger partial charge on any atom is 0.305 e. The summed E-state index contributed by atoms with van der Waals surface area (Å²) < 4.78 is 20.6. The molecule has 0 unspecified atom stereocenters. The molecule has 2 N–H and O–H groups in total. The van der Waals surface area contributed by atoms with Crippen LogP contribution >= 0.6 is 11.3 Å². The Kier molecular flexibility index (Phi) is 7.70. The van der Waals surface area contributed by atoms with E-state index < -0.39 is 5.97 Å². The average Bonchev–Trinajstić information content (AvgIpc) is 3.28. The number of carbonyl (C=O) groups excluding carboxylic acids is 2. The van der Waals surface area contributed by atoms with Gasteiger partial charge in [-0.3, -0.25) is 19.4 Å². The molecule has 4 rings (SSSR count). The van der Waals surface area contributed by atoms with Crippen LogP contribution in [0.2, 0.25) is 0 Å². The zero-order valence-electron chi connectivity index (χ0n) is 19.4. The van der Waals surface area contributed by atoms with Crippen molar-refractivity contribution in [3.8, 4) is 11.5 Å². The topological polar surface area (TPSA) is 106 Å². The van der Waals surface area contributed by atoms with Crippen LogP contribution in [0.15, 0.2) is 60.8 Å². The minimum atomic E-state index is -0.987. The van der Waals surface area contributed by atoms with Gasteiger partial charge in [-0.1, -0.05) is 29.8 Å². The normalized spacial score (nSPS) is 10.8. The van der Waals surface area contributed by atoms with Crippen molar-refractivity contribution in [1.29, 1.82) is 0 Å². The maximum absolute atomic E-state index is 14.0. The zero-order chi connectivity index (χ0) is 25.7. The quantitative estimate of drug-likeness (QED) is 0.310. The first-order valence-electron chi connectivity index (χ1n) is 11.2. The van der Waals surface area contributed by atoms with Crippen molar-refractivity contribution in [2.75, 3.05) is 6.54 Å². The number of aryl methyl sites for hydroxylation is 1. The van der Waals surface area contributed by atoms with Crippen molar-refractivity contribution in [1.82, 2.24) is 10.3 Å². The molecule has 0 aliphatic rings. The fourth-order valence-corrected chi connectivity index (χ4v) is 4.60. The third kappa shape index (κ3) is 6.31. The second kappa shape index (κ2) is 11.1. The summed E-state index contributed by atoms with van der Waals surface area (Å²) in [5.74, 6) is -0.755. The van der Waals surface area contributed by atoms with Crippen LogP contribution in [-0.4, -0.2) is 34.3 Å². The Morgan fingerprint density at radius 2 is 1.83 bits per heavy atom. The van der Waals surface area contributed by atoms with Gasteiger partial charge in [-0.05, 0) is 42.3 Å². The van der Waals surface area contributed by atoms with Crippen LogP contribution in [-0.2, 0) is 22.4 Å². The van der Waals surface area contributed by atoms with Gasteiger partial charge < -0.3 is 15.2 Å². The lowest BCUT2D eigenvalue weighted by atomic mass is 10.0. The molecule has 0 bridgehead atoms. The lowest BCUT2D eigenvalue weighted by Crippen LogP contribution is -2.25. The second-order valence-corrected chi connectivity index (χ2v) is 9.32. The lowest BCUT2D eigenvalue weighted by molar-refractivity contribution is -0.136. The van der Waals surface area contributed by atoms with E-state index in [0.29, 0.717) is 32.2 Å². The number of hydrogen-bond acceptors (Lipinski definition) is 6. The van der Waals surface area contributed by atoms with Crippen molar-refractivity contribution in [3.63, 3.8) is 0 Å². The van der Waals surface area contributed by atoms with Gasteiger partial charge in [-0.15, -0.1) is 11.3 Å². The Balaban J connectivity index is 1.41. The number of Topliss-reactive ketones (excluding diaryl/α,β-unsaturated/α-hetero) is 1. The highest BCUT2D eigenvalue weighted by Gasteiger charge is 2.15. The van der Waals surface area contributed by atoms with Gasteiger partial charge in [0.1, 0.15) is 23.1 Å². The van der Waals surface area contributed by atoms with E-state index in [-0.39, 0.29) is 43.3 Å². The number of halogens is 1. The number of thiophene rings is 1. The molecular formula is C27H23FN2O5S. The van der Waals surface area contributed by atoms with Crippen molar-refractivity contribution in [3.05, 3.63) is 88.2 Å². The van der Waals surface area contributed by atoms with Crippen molar-refractivity contribution < 1.29 is 28.6 Å². The predicted molar refractivity (Wildman–Crippen MR) is 134 cm³/mol. The molecule has 36 heavy (non-hydrogen) atoms. The van der Waals surface area contributed by atoms with E-state index in [1.165, 1.54) is 17.4 Å². The predicted octanol–water partition coefficient (Wildman–Crippen LogP) is 5.09. The first-order valence-corrected chi connectivity index (χ1v) is 12.0. The van der Waals surface area contributed by atoms with E-state index in [4.69, 9.17) is 9.84 Å². The number of nitrogens with one attached hydrogen (secondary N) is 1. The number of aliphatic carboxylic acids is 1. The van der Waals surface area contributed by atoms with Gasteiger partial charge >= 0.3 is 5.97 Å². The maximum atomic E-state index is 14.0. The number of rotatable bonds is 10. The fraction of sp³-hybridized carbons (Fsp3) is 0.185. The number of amides is 1. The van der Waals surface area contributed by atoms with E-state index in [9.17, 15) is 18.8 Å². The van der Waals surface area contributed by atoms with Gasteiger partial charge in [-0.25, -0.2) is 4.39 Å². The molecule has 4 aromatic rings. The summed E-state index contributed by atoms with van der Waals surface area (Å²) >= 11 is 1.20. The molecule has 1 amide bonds. The molecule has 0 saturated heterocycles. The number of nitrogens with zero attached hydrogens (tertiary/aromatic N) is 1. The number of carbonyl (C=O) groups is 3. The number of carboxylic acid groups (broad SMARTS) is 1. The molecule has 0 atom stereocenters. The van der Waals surface area contributed by atoms with Crippen LogP contribution < -0.4 is 10.1 Å². The minimum absolute atomic E-state index is 0.0331. The first kappa shape index (κ1) is 25.0. The van der Waals surface area contributed by atoms with Crippen molar-refractivity contribution in [2.24, 2.45) is 0 Å². The molecule has 184 valence electrons. The molecule has 0 aliphatic carbocycles. The number of ether oxygens (including phenoxy) is 1. The summed E-state index contributed by atoms with van der Waals surface area (Å²) in [7, 11) is 0. The molecule has 2 heterocycles. The first-order chi connectivity index (χ1) is 17.3. The third-order valence-electron chi connectivity index (χ3n) is 5.37. The Hall–Kier alpha value is -4.11. The SMILES string of the molecule is Cc1ccc(F)c(CC(=O)Cc2ccc(Oc3ccnc4cc(C(=O)NCCC(=O)O)sc34)cc2)c1. The van der Waals surface area contributed by atoms with Crippen LogP contribution in [0.4, 0.5) is 4.39 Å². The van der Waals surface area contributed by atoms with Crippen LogP contribution in [0.3, 0.4) is 0 Å². The molecule has 0 spiro atoms. The molecular weight excluding hydrogens is 483 g/mol. The van der Waals surface area contributed by atoms with Gasteiger partial charge in [0, 0.05) is 31.6 Å². The van der Waals surface area contributed by atoms with Gasteiger partial charge in [0.2, 0.25) is 0 Å². The van der Waals surface area contributed by atoms with Crippen LogP contribution in [0.1, 0.15) is 32.8 Å². The molecule has 0 aliphatic heterocycles. The van der Waals surface area contributed by atoms with Gasteiger partial charge in [0.25, 0.3) is 5.91 Å². The van der Waals surface area contributed by atoms with E-state index in [1.54, 1.807) is 54.7 Å². The van der Waals surface area contributed by atoms with E-state index in [0.717, 1.165) is 11.1 Å². The fourth-order valence-electron chi connectivity index (χ4n) is 3.62. The highest BCUT2D eigenvalue weighted by Crippen LogP contribution is 2.35. The van der Waals surface area contributed by atoms with Gasteiger partial charge in [0.15, 0.2) is 0 Å². The Morgan fingerprint density at radius 3 is 2.58 bits per heavy atom. The number of aromatic nitrogens is 1.